The summed E-state index contributed by atoms with van der Waals surface area (Å²) in [5.74, 6) is -0.325. The minimum Gasteiger partial charge on any atom is -0.480 e. The van der Waals surface area contributed by atoms with E-state index in [4.69, 9.17) is 5.11 Å². The molecule has 0 saturated heterocycles. The number of hydrogen-bond donors (Lipinski definition) is 2. The molecule has 1 rings (SSSR count). The lowest BCUT2D eigenvalue weighted by Crippen LogP contribution is -2.48. The Morgan fingerprint density at radius 2 is 2.06 bits per heavy atom. The van der Waals surface area contributed by atoms with Crippen LogP contribution in [-0.4, -0.2) is 41.1 Å². The third-order valence-corrected chi connectivity index (χ3v) is 3.29. The minimum absolute atomic E-state index is 0.243. The number of nitrogens with zero attached hydrogens (tertiary/aromatic N) is 1. The molecular formula is C13H24N2O3. The second-order valence-electron chi connectivity index (χ2n) is 4.96. The molecule has 104 valence electrons. The molecule has 18 heavy (non-hydrogen) atoms. The molecule has 0 heterocycles. The average Bonchev–Trinajstić information content (AvgIpc) is 3.14. The summed E-state index contributed by atoms with van der Waals surface area (Å²) in [6.45, 7) is 5.31. The van der Waals surface area contributed by atoms with Crippen LogP contribution in [0.3, 0.4) is 0 Å². The summed E-state index contributed by atoms with van der Waals surface area (Å²) in [4.78, 5) is 24.7. The molecule has 1 aliphatic carbocycles. The van der Waals surface area contributed by atoms with E-state index < -0.39 is 12.0 Å². The van der Waals surface area contributed by atoms with Gasteiger partial charge in [0.1, 0.15) is 6.04 Å². The van der Waals surface area contributed by atoms with Gasteiger partial charge in [-0.3, -0.25) is 0 Å². The van der Waals surface area contributed by atoms with Gasteiger partial charge in [-0.2, -0.15) is 0 Å². The number of unbranched alkanes of at least 4 members (excludes halogenated alkanes) is 1. The number of carboxylic acids is 1. The Morgan fingerprint density at radius 3 is 2.50 bits per heavy atom. The van der Waals surface area contributed by atoms with Crippen LogP contribution in [0, 0.1) is 5.92 Å². The van der Waals surface area contributed by atoms with Crippen LogP contribution in [0.15, 0.2) is 0 Å². The number of amides is 2. The van der Waals surface area contributed by atoms with Gasteiger partial charge in [0.2, 0.25) is 0 Å². The van der Waals surface area contributed by atoms with Crippen molar-refractivity contribution in [3.8, 4) is 0 Å². The summed E-state index contributed by atoms with van der Waals surface area (Å²) in [6.07, 6.45) is 4.60. The molecule has 1 atom stereocenters. The van der Waals surface area contributed by atoms with E-state index in [2.05, 4.69) is 5.32 Å². The fourth-order valence-electron chi connectivity index (χ4n) is 1.87. The van der Waals surface area contributed by atoms with Gasteiger partial charge in [-0.25, -0.2) is 9.59 Å². The van der Waals surface area contributed by atoms with Crippen molar-refractivity contribution >= 4 is 12.0 Å². The summed E-state index contributed by atoms with van der Waals surface area (Å²) >= 11 is 0. The smallest absolute Gasteiger partial charge is 0.326 e. The fourth-order valence-corrected chi connectivity index (χ4v) is 1.87. The van der Waals surface area contributed by atoms with Crippen LogP contribution in [0.2, 0.25) is 0 Å². The quantitative estimate of drug-likeness (QED) is 0.698. The molecule has 0 aromatic rings. The predicted octanol–water partition coefficient (Wildman–Crippen LogP) is 2.07. The van der Waals surface area contributed by atoms with Crippen molar-refractivity contribution in [3.05, 3.63) is 0 Å². The highest BCUT2D eigenvalue weighted by atomic mass is 16.4. The molecule has 1 unspecified atom stereocenters. The van der Waals surface area contributed by atoms with Crippen molar-refractivity contribution in [2.45, 2.75) is 52.0 Å². The van der Waals surface area contributed by atoms with Crippen molar-refractivity contribution < 1.29 is 14.7 Å². The SMILES string of the molecule is CCCCC(NC(=O)N(CC)CC1CC1)C(=O)O. The van der Waals surface area contributed by atoms with Gasteiger partial charge in [-0.15, -0.1) is 0 Å². The lowest BCUT2D eigenvalue weighted by atomic mass is 10.1. The topological polar surface area (TPSA) is 69.6 Å². The maximum Gasteiger partial charge on any atom is 0.326 e. The van der Waals surface area contributed by atoms with Gasteiger partial charge < -0.3 is 15.3 Å². The zero-order valence-electron chi connectivity index (χ0n) is 11.3. The van der Waals surface area contributed by atoms with E-state index in [1.807, 2.05) is 13.8 Å². The van der Waals surface area contributed by atoms with Gasteiger partial charge in [-0.05, 0) is 32.1 Å². The number of hydrogen-bond acceptors (Lipinski definition) is 2. The Balaban J connectivity index is 2.43. The molecule has 0 bridgehead atoms. The van der Waals surface area contributed by atoms with E-state index in [0.717, 1.165) is 19.4 Å². The highest BCUT2D eigenvalue weighted by Crippen LogP contribution is 2.29. The molecule has 0 spiro atoms. The Kier molecular flexibility index (Phi) is 5.95. The van der Waals surface area contributed by atoms with Crippen LogP contribution in [0.4, 0.5) is 4.79 Å². The van der Waals surface area contributed by atoms with E-state index in [9.17, 15) is 9.59 Å². The van der Waals surface area contributed by atoms with Crippen molar-refractivity contribution in [2.75, 3.05) is 13.1 Å². The summed E-state index contributed by atoms with van der Waals surface area (Å²) < 4.78 is 0. The van der Waals surface area contributed by atoms with Gasteiger partial charge in [-0.1, -0.05) is 19.8 Å². The fraction of sp³-hybridized carbons (Fsp3) is 0.846. The van der Waals surface area contributed by atoms with Gasteiger partial charge >= 0.3 is 12.0 Å². The molecule has 0 aliphatic heterocycles. The highest BCUT2D eigenvalue weighted by molar-refractivity contribution is 5.82. The van der Waals surface area contributed by atoms with Crippen molar-refractivity contribution in [3.63, 3.8) is 0 Å². The number of carbonyl (C=O) groups excluding carboxylic acids is 1. The molecule has 5 heteroatoms. The standard InChI is InChI=1S/C13H24N2O3/c1-3-5-6-11(12(16)17)14-13(18)15(4-2)9-10-7-8-10/h10-11H,3-9H2,1-2H3,(H,14,18)(H,16,17). The first-order chi connectivity index (χ1) is 8.58. The summed E-state index contributed by atoms with van der Waals surface area (Å²) in [5, 5.41) is 11.7. The van der Waals surface area contributed by atoms with Gasteiger partial charge in [0.25, 0.3) is 0 Å². The predicted molar refractivity (Wildman–Crippen MR) is 69.5 cm³/mol. The summed E-state index contributed by atoms with van der Waals surface area (Å²) in [7, 11) is 0. The van der Waals surface area contributed by atoms with Gasteiger partial charge in [0, 0.05) is 13.1 Å². The van der Waals surface area contributed by atoms with Crippen LogP contribution in [-0.2, 0) is 4.79 Å². The molecule has 0 radical (unpaired) electrons. The first-order valence-corrected chi connectivity index (χ1v) is 6.86. The third kappa shape index (κ3) is 4.94. The lowest BCUT2D eigenvalue weighted by molar-refractivity contribution is -0.139. The molecule has 2 N–H and O–H groups in total. The third-order valence-electron chi connectivity index (χ3n) is 3.29. The summed E-state index contributed by atoms with van der Waals surface area (Å²) in [5.41, 5.74) is 0. The number of nitrogens with one attached hydrogen (secondary N) is 1. The zero-order chi connectivity index (χ0) is 13.5. The Labute approximate surface area is 109 Å². The number of aliphatic carboxylic acids is 1. The number of carbonyl (C=O) groups is 2. The zero-order valence-corrected chi connectivity index (χ0v) is 11.3. The van der Waals surface area contributed by atoms with E-state index in [1.54, 1.807) is 4.90 Å². The highest BCUT2D eigenvalue weighted by Gasteiger charge is 2.28. The van der Waals surface area contributed by atoms with E-state index in [0.29, 0.717) is 18.9 Å². The van der Waals surface area contributed by atoms with Crippen LogP contribution >= 0.6 is 0 Å². The number of urea groups is 1. The molecule has 1 saturated carbocycles. The maximum atomic E-state index is 12.0. The molecule has 0 aromatic carbocycles. The molecule has 0 aromatic heterocycles. The average molecular weight is 256 g/mol. The molecular weight excluding hydrogens is 232 g/mol. The summed E-state index contributed by atoms with van der Waals surface area (Å²) in [6, 6.07) is -1.00. The largest absolute Gasteiger partial charge is 0.480 e. The van der Waals surface area contributed by atoms with Crippen LogP contribution in [0.25, 0.3) is 0 Å². The van der Waals surface area contributed by atoms with Crippen molar-refractivity contribution in [1.82, 2.24) is 10.2 Å². The molecule has 1 aliphatic rings. The Morgan fingerprint density at radius 1 is 1.39 bits per heavy atom. The Hall–Kier alpha value is -1.26. The first-order valence-electron chi connectivity index (χ1n) is 6.86. The van der Waals surface area contributed by atoms with Gasteiger partial charge in [0.15, 0.2) is 0 Å². The Bertz CT molecular complexity index is 290. The molecule has 1 fully saturated rings. The first kappa shape index (κ1) is 14.8. The number of carboxylic acid groups (broad SMARTS) is 1. The van der Waals surface area contributed by atoms with Crippen LogP contribution in [0.1, 0.15) is 46.0 Å². The minimum atomic E-state index is -0.945. The normalized spacial score (nSPS) is 16.1. The lowest BCUT2D eigenvalue weighted by Gasteiger charge is -2.23. The van der Waals surface area contributed by atoms with Gasteiger partial charge in [0.05, 0.1) is 0 Å². The maximum absolute atomic E-state index is 12.0. The van der Waals surface area contributed by atoms with Crippen molar-refractivity contribution in [2.24, 2.45) is 5.92 Å². The number of rotatable bonds is 8. The second-order valence-corrected chi connectivity index (χ2v) is 4.96. The van der Waals surface area contributed by atoms with Crippen LogP contribution < -0.4 is 5.32 Å². The molecule has 5 nitrogen and oxygen atoms in total. The van der Waals surface area contributed by atoms with E-state index in [-0.39, 0.29) is 6.03 Å². The second kappa shape index (κ2) is 7.24. The molecule has 2 amide bonds. The van der Waals surface area contributed by atoms with Crippen LogP contribution in [0.5, 0.6) is 0 Å². The van der Waals surface area contributed by atoms with Crippen molar-refractivity contribution in [1.29, 1.82) is 0 Å². The van der Waals surface area contributed by atoms with E-state index in [1.165, 1.54) is 12.8 Å². The monoisotopic (exact) mass is 256 g/mol. The van der Waals surface area contributed by atoms with E-state index >= 15 is 0 Å².